The van der Waals surface area contributed by atoms with Crippen LogP contribution in [0.5, 0.6) is 0 Å². The van der Waals surface area contributed by atoms with Crippen molar-refractivity contribution in [3.05, 3.63) is 90.5 Å². The molecule has 0 aliphatic carbocycles. The number of nitrogens with zero attached hydrogens (tertiary/aromatic N) is 3. The highest BCUT2D eigenvalue weighted by molar-refractivity contribution is 7.80. The lowest BCUT2D eigenvalue weighted by Crippen LogP contribution is -2.15. The Morgan fingerprint density at radius 2 is 1.66 bits per heavy atom. The van der Waals surface area contributed by atoms with Gasteiger partial charge in [-0.2, -0.15) is 5.10 Å². The number of thiocarbonyl (C=S) groups is 1. The molecule has 4 rings (SSSR count). The maximum absolute atomic E-state index is 13.4. The van der Waals surface area contributed by atoms with Crippen LogP contribution in [-0.4, -0.2) is 19.8 Å². The number of halogens is 1. The lowest BCUT2D eigenvalue weighted by atomic mass is 10.0. The number of pyridine rings is 1. The minimum atomic E-state index is -0.280. The van der Waals surface area contributed by atoms with E-state index in [2.05, 4.69) is 10.3 Å². The molecular weight excluding hydrogens is 383 g/mol. The van der Waals surface area contributed by atoms with Crippen LogP contribution >= 0.6 is 12.2 Å². The summed E-state index contributed by atoms with van der Waals surface area (Å²) in [4.78, 5) is 4.81. The molecule has 0 aliphatic heterocycles. The molecule has 2 aromatic carbocycles. The van der Waals surface area contributed by atoms with Crippen molar-refractivity contribution in [2.45, 2.75) is 6.42 Å². The second kappa shape index (κ2) is 8.32. The maximum atomic E-state index is 13.4. The highest BCUT2D eigenvalue weighted by Gasteiger charge is 2.20. The molecule has 4 nitrogen and oxygen atoms in total. The lowest BCUT2D eigenvalue weighted by molar-refractivity contribution is 0.628. The first kappa shape index (κ1) is 19.0. The maximum Gasteiger partial charge on any atom is 0.137 e. The van der Waals surface area contributed by atoms with Crippen molar-refractivity contribution in [2.75, 3.05) is 5.32 Å². The Morgan fingerprint density at radius 3 is 2.34 bits per heavy atom. The quantitative estimate of drug-likeness (QED) is 0.462. The van der Waals surface area contributed by atoms with Crippen LogP contribution in [0.25, 0.3) is 22.4 Å². The van der Waals surface area contributed by atoms with Gasteiger partial charge in [-0.15, -0.1) is 0 Å². The summed E-state index contributed by atoms with van der Waals surface area (Å²) in [5.41, 5.74) is 4.57. The molecule has 2 heterocycles. The van der Waals surface area contributed by atoms with E-state index in [9.17, 15) is 4.39 Å². The molecule has 0 radical (unpaired) electrons. The van der Waals surface area contributed by atoms with Gasteiger partial charge in [0.25, 0.3) is 0 Å². The average molecular weight is 402 g/mol. The number of anilines is 1. The van der Waals surface area contributed by atoms with E-state index in [1.54, 1.807) is 29.2 Å². The van der Waals surface area contributed by atoms with Crippen molar-refractivity contribution in [3.63, 3.8) is 0 Å². The minimum Gasteiger partial charge on any atom is -0.334 e. The molecule has 2 aromatic heterocycles. The lowest BCUT2D eigenvalue weighted by Gasteiger charge is -2.12. The van der Waals surface area contributed by atoms with Crippen LogP contribution < -0.4 is 5.32 Å². The fourth-order valence-electron chi connectivity index (χ4n) is 3.23. The zero-order valence-corrected chi connectivity index (χ0v) is 16.7. The van der Waals surface area contributed by atoms with E-state index in [4.69, 9.17) is 17.3 Å². The summed E-state index contributed by atoms with van der Waals surface area (Å²) in [5.74, 6) is 0.508. The van der Waals surface area contributed by atoms with Crippen molar-refractivity contribution >= 4 is 23.0 Å². The number of benzene rings is 2. The normalized spacial score (nSPS) is 10.7. The Hall–Kier alpha value is -3.38. The first-order chi connectivity index (χ1) is 14.1. The first-order valence-corrected chi connectivity index (χ1v) is 9.60. The monoisotopic (exact) mass is 402 g/mol. The van der Waals surface area contributed by atoms with Gasteiger partial charge in [-0.3, -0.25) is 9.67 Å². The van der Waals surface area contributed by atoms with Crippen LogP contribution in [0.1, 0.15) is 5.56 Å². The molecule has 29 heavy (non-hydrogen) atoms. The van der Waals surface area contributed by atoms with Crippen LogP contribution in [0.15, 0.2) is 79.1 Å². The number of hydrogen-bond donors (Lipinski definition) is 1. The Labute approximate surface area is 174 Å². The van der Waals surface area contributed by atoms with E-state index in [0.29, 0.717) is 11.4 Å². The van der Waals surface area contributed by atoms with Gasteiger partial charge in [0.1, 0.15) is 17.3 Å². The third-order valence-electron chi connectivity index (χ3n) is 4.60. The van der Waals surface area contributed by atoms with Crippen molar-refractivity contribution in [3.8, 4) is 22.4 Å². The number of nitrogens with one attached hydrogen (secondary N) is 1. The Kier molecular flexibility index (Phi) is 5.44. The summed E-state index contributed by atoms with van der Waals surface area (Å²) >= 11 is 5.62. The zero-order chi connectivity index (χ0) is 20.2. The molecule has 1 N–H and O–H groups in total. The first-order valence-electron chi connectivity index (χ1n) is 9.19. The topological polar surface area (TPSA) is 42.7 Å². The van der Waals surface area contributed by atoms with E-state index >= 15 is 0 Å². The number of aromatic nitrogens is 3. The summed E-state index contributed by atoms with van der Waals surface area (Å²) in [7, 11) is 1.87. The van der Waals surface area contributed by atoms with Crippen LogP contribution in [0.4, 0.5) is 10.2 Å². The van der Waals surface area contributed by atoms with Crippen LogP contribution in [-0.2, 0) is 13.5 Å². The number of rotatable bonds is 5. The van der Waals surface area contributed by atoms with Gasteiger partial charge in [-0.05, 0) is 47.5 Å². The van der Waals surface area contributed by atoms with E-state index in [1.807, 2.05) is 49.5 Å². The molecule has 0 unspecified atom stereocenters. The average Bonchev–Trinajstić information content (AvgIpc) is 3.06. The molecular formula is C23H19FN4S. The SMILES string of the molecule is Cn1nc(-c2ccc(F)cc2)c(-c2ccncc2)c1NC(=S)Cc1ccccc1. The predicted molar refractivity (Wildman–Crippen MR) is 118 cm³/mol. The smallest absolute Gasteiger partial charge is 0.137 e. The molecule has 144 valence electrons. The molecule has 4 aromatic rings. The molecule has 0 fully saturated rings. The third-order valence-corrected chi connectivity index (χ3v) is 4.85. The largest absolute Gasteiger partial charge is 0.334 e. The van der Waals surface area contributed by atoms with Crippen molar-refractivity contribution in [1.29, 1.82) is 0 Å². The van der Waals surface area contributed by atoms with Crippen LogP contribution in [0.2, 0.25) is 0 Å². The summed E-state index contributed by atoms with van der Waals surface area (Å²) in [5, 5.41) is 8.06. The highest BCUT2D eigenvalue weighted by Crippen LogP contribution is 2.37. The molecule has 6 heteroatoms. The van der Waals surface area contributed by atoms with Crippen LogP contribution in [0.3, 0.4) is 0 Å². The van der Waals surface area contributed by atoms with Crippen LogP contribution in [0, 0.1) is 5.82 Å². The van der Waals surface area contributed by atoms with E-state index in [-0.39, 0.29) is 5.82 Å². The molecule has 0 saturated heterocycles. The van der Waals surface area contributed by atoms with Gasteiger partial charge in [-0.1, -0.05) is 42.5 Å². The zero-order valence-electron chi connectivity index (χ0n) is 15.8. The van der Waals surface area contributed by atoms with Gasteiger partial charge < -0.3 is 5.32 Å². The molecule has 0 atom stereocenters. The Balaban J connectivity index is 1.75. The standard InChI is InChI=1S/C23H19FN4S/c1-28-23(26-20(29)15-16-5-3-2-4-6-16)21(17-11-13-25-14-12-17)22(27-28)18-7-9-19(24)10-8-18/h2-14H,15H2,1H3,(H,26,29). The highest BCUT2D eigenvalue weighted by atomic mass is 32.1. The van der Waals surface area contributed by atoms with Gasteiger partial charge in [0.2, 0.25) is 0 Å². The van der Waals surface area contributed by atoms with Crippen molar-refractivity contribution in [1.82, 2.24) is 14.8 Å². The summed E-state index contributed by atoms with van der Waals surface area (Å²) in [6.07, 6.45) is 4.11. The van der Waals surface area contributed by atoms with Gasteiger partial charge in [0.15, 0.2) is 0 Å². The summed E-state index contributed by atoms with van der Waals surface area (Å²) in [6, 6.07) is 20.3. The fraction of sp³-hybridized carbons (Fsp3) is 0.0870. The third kappa shape index (κ3) is 4.22. The number of aryl methyl sites for hydroxylation is 1. The summed E-state index contributed by atoms with van der Waals surface area (Å²) < 4.78 is 15.2. The van der Waals surface area contributed by atoms with Crippen molar-refractivity contribution < 1.29 is 4.39 Å². The molecule has 0 saturated carbocycles. The van der Waals surface area contributed by atoms with Gasteiger partial charge in [0, 0.05) is 31.4 Å². The van der Waals surface area contributed by atoms with E-state index in [1.165, 1.54) is 12.1 Å². The molecule has 0 bridgehead atoms. The van der Waals surface area contributed by atoms with E-state index < -0.39 is 0 Å². The molecule has 0 spiro atoms. The molecule has 0 aliphatic rings. The Morgan fingerprint density at radius 1 is 0.966 bits per heavy atom. The minimum absolute atomic E-state index is 0.280. The van der Waals surface area contributed by atoms with E-state index in [0.717, 1.165) is 33.8 Å². The molecule has 0 amide bonds. The predicted octanol–water partition coefficient (Wildman–Crippen LogP) is 5.27. The second-order valence-corrected chi connectivity index (χ2v) is 7.14. The second-order valence-electron chi connectivity index (χ2n) is 6.65. The fourth-order valence-corrected chi connectivity index (χ4v) is 3.49. The van der Waals surface area contributed by atoms with Crippen molar-refractivity contribution in [2.24, 2.45) is 7.05 Å². The number of hydrogen-bond acceptors (Lipinski definition) is 3. The summed E-state index contributed by atoms with van der Waals surface area (Å²) in [6.45, 7) is 0. The Bertz CT molecular complexity index is 1120. The van der Waals surface area contributed by atoms with Gasteiger partial charge in [-0.25, -0.2) is 4.39 Å². The van der Waals surface area contributed by atoms with Gasteiger partial charge >= 0.3 is 0 Å². The van der Waals surface area contributed by atoms with Gasteiger partial charge in [0.05, 0.1) is 10.6 Å².